The first-order chi connectivity index (χ1) is 12.0. The number of carbonyl (C=O) groups is 2. The second kappa shape index (κ2) is 12.3. The maximum absolute atomic E-state index is 11.8. The molecule has 0 aliphatic rings. The molecule has 2 aromatic rings. The Kier molecular flexibility index (Phi) is 11.3. The van der Waals surface area contributed by atoms with Crippen molar-refractivity contribution in [1.82, 2.24) is 15.6 Å². The molecule has 1 aromatic heterocycles. The summed E-state index contributed by atoms with van der Waals surface area (Å²) in [5.41, 5.74) is 8.89. The van der Waals surface area contributed by atoms with Crippen LogP contribution in [-0.2, 0) is 16.1 Å². The zero-order valence-electron chi connectivity index (χ0n) is 15.3. The normalized spacial score (nSPS) is 11.0. The zero-order chi connectivity index (χ0) is 18.2. The van der Waals surface area contributed by atoms with E-state index in [0.29, 0.717) is 6.54 Å². The quantitative estimate of drug-likeness (QED) is 0.649. The Balaban J connectivity index is 0.00000338. The highest BCUT2D eigenvalue weighted by molar-refractivity contribution is 5.87. The van der Waals surface area contributed by atoms with Gasteiger partial charge in [0.05, 0.1) is 12.6 Å². The van der Waals surface area contributed by atoms with Crippen molar-refractivity contribution in [1.29, 1.82) is 0 Å². The maximum atomic E-state index is 11.8. The molecular formula is C19H26Cl2N4O2. The molecule has 0 saturated heterocycles. The predicted octanol–water partition coefficient (Wildman–Crippen LogP) is 2.31. The summed E-state index contributed by atoms with van der Waals surface area (Å²) >= 11 is 0. The van der Waals surface area contributed by atoms with Crippen molar-refractivity contribution in [2.75, 3.05) is 6.54 Å². The molecule has 27 heavy (non-hydrogen) atoms. The van der Waals surface area contributed by atoms with Crippen molar-refractivity contribution in [3.05, 3.63) is 54.4 Å². The summed E-state index contributed by atoms with van der Waals surface area (Å²) in [6.45, 7) is 4.05. The van der Waals surface area contributed by atoms with Gasteiger partial charge in [-0.1, -0.05) is 38.1 Å². The predicted molar refractivity (Wildman–Crippen MR) is 112 cm³/mol. The molecule has 8 heteroatoms. The van der Waals surface area contributed by atoms with E-state index in [1.807, 2.05) is 50.2 Å². The molecule has 0 fully saturated rings. The summed E-state index contributed by atoms with van der Waals surface area (Å²) in [6, 6.07) is 11.2. The van der Waals surface area contributed by atoms with E-state index in [1.54, 1.807) is 12.4 Å². The van der Waals surface area contributed by atoms with E-state index < -0.39 is 6.04 Å². The molecule has 1 heterocycles. The highest BCUT2D eigenvalue weighted by Crippen LogP contribution is 2.18. The number of carbonyl (C=O) groups excluding carboxylic acids is 2. The first-order valence-electron chi connectivity index (χ1n) is 8.26. The van der Waals surface area contributed by atoms with E-state index in [4.69, 9.17) is 5.73 Å². The van der Waals surface area contributed by atoms with Crippen LogP contribution < -0.4 is 16.4 Å². The van der Waals surface area contributed by atoms with Crippen LogP contribution in [0.4, 0.5) is 0 Å². The van der Waals surface area contributed by atoms with Crippen LogP contribution in [0.25, 0.3) is 11.1 Å². The van der Waals surface area contributed by atoms with Gasteiger partial charge in [0.2, 0.25) is 11.8 Å². The molecule has 2 amide bonds. The highest BCUT2D eigenvalue weighted by Gasteiger charge is 2.17. The van der Waals surface area contributed by atoms with E-state index in [0.717, 1.165) is 16.7 Å². The van der Waals surface area contributed by atoms with E-state index >= 15 is 0 Å². The second-order valence-corrected chi connectivity index (χ2v) is 6.20. The molecule has 0 radical (unpaired) electrons. The summed E-state index contributed by atoms with van der Waals surface area (Å²) in [5, 5.41) is 5.33. The molecule has 0 saturated carbocycles. The molecule has 0 aliphatic carbocycles. The lowest BCUT2D eigenvalue weighted by Crippen LogP contribution is -2.47. The Labute approximate surface area is 172 Å². The van der Waals surface area contributed by atoms with Gasteiger partial charge in [-0.05, 0) is 34.7 Å². The monoisotopic (exact) mass is 412 g/mol. The third-order valence-electron chi connectivity index (χ3n) is 3.90. The van der Waals surface area contributed by atoms with Gasteiger partial charge in [0.1, 0.15) is 0 Å². The number of benzene rings is 1. The van der Waals surface area contributed by atoms with Crippen molar-refractivity contribution in [2.24, 2.45) is 11.7 Å². The molecule has 4 N–H and O–H groups in total. The lowest BCUT2D eigenvalue weighted by molar-refractivity contribution is -0.127. The van der Waals surface area contributed by atoms with E-state index in [-0.39, 0.29) is 49.1 Å². The number of rotatable bonds is 7. The summed E-state index contributed by atoms with van der Waals surface area (Å²) in [7, 11) is 0. The average Bonchev–Trinajstić information content (AvgIpc) is 2.64. The Morgan fingerprint density at radius 3 is 2.07 bits per heavy atom. The number of hydrogen-bond acceptors (Lipinski definition) is 4. The lowest BCUT2D eigenvalue weighted by atomic mass is 10.1. The Hall–Kier alpha value is -2.15. The third kappa shape index (κ3) is 7.95. The van der Waals surface area contributed by atoms with Gasteiger partial charge in [0.25, 0.3) is 0 Å². The number of halogens is 2. The van der Waals surface area contributed by atoms with Crippen molar-refractivity contribution >= 4 is 36.6 Å². The minimum atomic E-state index is -0.603. The lowest BCUT2D eigenvalue weighted by Gasteiger charge is -2.15. The van der Waals surface area contributed by atoms with Gasteiger partial charge in [0.15, 0.2) is 0 Å². The highest BCUT2D eigenvalue weighted by atomic mass is 35.5. The van der Waals surface area contributed by atoms with Gasteiger partial charge in [-0.3, -0.25) is 14.6 Å². The zero-order valence-corrected chi connectivity index (χ0v) is 17.0. The van der Waals surface area contributed by atoms with Gasteiger partial charge in [-0.15, -0.1) is 24.8 Å². The number of amides is 2. The second-order valence-electron chi connectivity index (χ2n) is 6.20. The molecule has 1 atom stereocenters. The van der Waals surface area contributed by atoms with Crippen molar-refractivity contribution < 1.29 is 9.59 Å². The van der Waals surface area contributed by atoms with Crippen LogP contribution in [0.5, 0.6) is 0 Å². The van der Waals surface area contributed by atoms with E-state index in [9.17, 15) is 9.59 Å². The fourth-order valence-electron chi connectivity index (χ4n) is 2.21. The molecule has 6 nitrogen and oxygen atoms in total. The standard InChI is InChI=1S/C19H24N4O2.2ClH/c1-13(2)18(20)19(25)23-12-17(24)22-11-14-3-5-15(6-4-14)16-7-9-21-10-8-16;;/h3-10,13,18H,11-12,20H2,1-2H3,(H,22,24)(H,23,25);2*1H/t18-;;/m0../s1. The fraction of sp³-hybridized carbons (Fsp3) is 0.316. The molecule has 0 aliphatic heterocycles. The minimum absolute atomic E-state index is 0. The first kappa shape index (κ1) is 24.8. The van der Waals surface area contributed by atoms with Crippen LogP contribution in [-0.4, -0.2) is 29.4 Å². The van der Waals surface area contributed by atoms with Crippen molar-refractivity contribution in [2.45, 2.75) is 26.4 Å². The molecule has 0 unspecified atom stereocenters. The molecule has 1 aromatic carbocycles. The fourth-order valence-corrected chi connectivity index (χ4v) is 2.21. The van der Waals surface area contributed by atoms with Crippen LogP contribution in [0.1, 0.15) is 19.4 Å². The summed E-state index contributed by atoms with van der Waals surface area (Å²) < 4.78 is 0. The average molecular weight is 413 g/mol. The Bertz CT molecular complexity index is 709. The van der Waals surface area contributed by atoms with Crippen LogP contribution in [0, 0.1) is 5.92 Å². The number of nitrogens with two attached hydrogens (primary N) is 1. The largest absolute Gasteiger partial charge is 0.350 e. The molecule has 2 rings (SSSR count). The van der Waals surface area contributed by atoms with Gasteiger partial charge >= 0.3 is 0 Å². The van der Waals surface area contributed by atoms with Crippen LogP contribution in [0.15, 0.2) is 48.8 Å². The number of nitrogens with one attached hydrogen (secondary N) is 2. The number of pyridine rings is 1. The Morgan fingerprint density at radius 2 is 1.52 bits per heavy atom. The maximum Gasteiger partial charge on any atom is 0.239 e. The summed E-state index contributed by atoms with van der Waals surface area (Å²) in [6.07, 6.45) is 3.51. The Morgan fingerprint density at radius 1 is 0.963 bits per heavy atom. The van der Waals surface area contributed by atoms with E-state index in [1.165, 1.54) is 0 Å². The van der Waals surface area contributed by atoms with Crippen LogP contribution in [0.3, 0.4) is 0 Å². The molecular weight excluding hydrogens is 387 g/mol. The van der Waals surface area contributed by atoms with E-state index in [2.05, 4.69) is 15.6 Å². The topological polar surface area (TPSA) is 97.1 Å². The number of aromatic nitrogens is 1. The minimum Gasteiger partial charge on any atom is -0.350 e. The summed E-state index contributed by atoms with van der Waals surface area (Å²) in [4.78, 5) is 27.5. The van der Waals surface area contributed by atoms with Gasteiger partial charge in [0, 0.05) is 18.9 Å². The van der Waals surface area contributed by atoms with Crippen LogP contribution >= 0.6 is 24.8 Å². The van der Waals surface area contributed by atoms with Crippen molar-refractivity contribution in [3.63, 3.8) is 0 Å². The smallest absolute Gasteiger partial charge is 0.239 e. The molecule has 0 spiro atoms. The number of nitrogens with zero attached hydrogens (tertiary/aromatic N) is 1. The molecule has 0 bridgehead atoms. The van der Waals surface area contributed by atoms with Gasteiger partial charge in [-0.2, -0.15) is 0 Å². The van der Waals surface area contributed by atoms with Gasteiger partial charge < -0.3 is 16.4 Å². The molecule has 148 valence electrons. The van der Waals surface area contributed by atoms with Crippen LogP contribution in [0.2, 0.25) is 0 Å². The summed E-state index contributed by atoms with van der Waals surface area (Å²) in [5.74, 6) is -0.531. The van der Waals surface area contributed by atoms with Crippen molar-refractivity contribution in [3.8, 4) is 11.1 Å². The number of hydrogen-bond donors (Lipinski definition) is 3. The van der Waals surface area contributed by atoms with Gasteiger partial charge in [-0.25, -0.2) is 0 Å². The SMILES string of the molecule is CC(C)[C@H](N)C(=O)NCC(=O)NCc1ccc(-c2ccncc2)cc1.Cl.Cl. The first-order valence-corrected chi connectivity index (χ1v) is 8.26. The third-order valence-corrected chi connectivity index (χ3v) is 3.90.